The molecule has 8 heteroatoms. The van der Waals surface area contributed by atoms with E-state index in [2.05, 4.69) is 29.5 Å². The number of imide groups is 1. The number of rotatable bonds is 4. The van der Waals surface area contributed by atoms with Crippen LogP contribution in [0.25, 0.3) is 6.08 Å². The van der Waals surface area contributed by atoms with Crippen LogP contribution < -0.4 is 4.74 Å². The van der Waals surface area contributed by atoms with E-state index in [0.717, 1.165) is 44.4 Å². The van der Waals surface area contributed by atoms with E-state index in [1.54, 1.807) is 18.1 Å². The van der Waals surface area contributed by atoms with E-state index in [1.165, 1.54) is 0 Å². The van der Waals surface area contributed by atoms with Crippen molar-refractivity contribution in [1.29, 1.82) is 0 Å². The van der Waals surface area contributed by atoms with Crippen molar-refractivity contribution in [3.05, 3.63) is 32.2 Å². The third-order valence-electron chi connectivity index (χ3n) is 4.78. The Bertz CT molecular complexity index is 803. The van der Waals surface area contributed by atoms with E-state index in [1.807, 2.05) is 18.2 Å². The fourth-order valence-corrected chi connectivity index (χ4v) is 4.65. The predicted molar refractivity (Wildman–Crippen MR) is 113 cm³/mol. The number of hydrogen-bond acceptors (Lipinski definition) is 5. The van der Waals surface area contributed by atoms with Gasteiger partial charge in [0.25, 0.3) is 11.1 Å². The van der Waals surface area contributed by atoms with Crippen LogP contribution in [0.2, 0.25) is 0 Å². The highest BCUT2D eigenvalue weighted by Crippen LogP contribution is 2.33. The van der Waals surface area contributed by atoms with E-state index in [9.17, 15) is 14.4 Å². The SMILES string of the molecule is COc1ccc(/C=C2\SC(=O)N(CC(=O)N3CCC(C)CC3)C2=O)cc1I. The van der Waals surface area contributed by atoms with Crippen molar-refractivity contribution in [2.24, 2.45) is 5.92 Å². The zero-order valence-corrected chi connectivity index (χ0v) is 18.2. The molecule has 0 radical (unpaired) electrons. The van der Waals surface area contributed by atoms with Gasteiger partial charge in [-0.1, -0.05) is 13.0 Å². The van der Waals surface area contributed by atoms with Gasteiger partial charge in [0.1, 0.15) is 12.3 Å². The van der Waals surface area contributed by atoms with Crippen molar-refractivity contribution in [3.8, 4) is 5.75 Å². The smallest absolute Gasteiger partial charge is 0.294 e. The van der Waals surface area contributed by atoms with Gasteiger partial charge in [0.2, 0.25) is 5.91 Å². The molecule has 0 aliphatic carbocycles. The number of ether oxygens (including phenoxy) is 1. The third-order valence-corrected chi connectivity index (χ3v) is 6.53. The first-order valence-corrected chi connectivity index (χ1v) is 10.6. The zero-order valence-electron chi connectivity index (χ0n) is 15.2. The van der Waals surface area contributed by atoms with Gasteiger partial charge in [-0.05, 0) is 76.9 Å². The Balaban J connectivity index is 1.69. The molecule has 2 aliphatic heterocycles. The average molecular weight is 500 g/mol. The van der Waals surface area contributed by atoms with Gasteiger partial charge in [-0.25, -0.2) is 0 Å². The van der Waals surface area contributed by atoms with Crippen LogP contribution in [0.1, 0.15) is 25.3 Å². The fourth-order valence-electron chi connectivity index (χ4n) is 3.05. The molecule has 0 N–H and O–H groups in total. The van der Waals surface area contributed by atoms with Crippen LogP contribution >= 0.6 is 34.4 Å². The van der Waals surface area contributed by atoms with Gasteiger partial charge in [-0.3, -0.25) is 19.3 Å². The van der Waals surface area contributed by atoms with Gasteiger partial charge in [-0.15, -0.1) is 0 Å². The number of benzene rings is 1. The van der Waals surface area contributed by atoms with Crippen molar-refractivity contribution < 1.29 is 19.1 Å². The minimum absolute atomic E-state index is 0.163. The lowest BCUT2D eigenvalue weighted by Gasteiger charge is -2.31. The van der Waals surface area contributed by atoms with Crippen LogP contribution in [-0.2, 0) is 9.59 Å². The minimum Gasteiger partial charge on any atom is -0.496 e. The number of hydrogen-bond donors (Lipinski definition) is 0. The monoisotopic (exact) mass is 500 g/mol. The number of carbonyl (C=O) groups is 3. The number of halogens is 1. The summed E-state index contributed by atoms with van der Waals surface area (Å²) < 4.78 is 6.14. The maximum atomic E-state index is 12.6. The van der Waals surface area contributed by atoms with E-state index in [4.69, 9.17) is 4.74 Å². The summed E-state index contributed by atoms with van der Waals surface area (Å²) in [6.07, 6.45) is 3.60. The predicted octanol–water partition coefficient (Wildman–Crippen LogP) is 3.59. The maximum absolute atomic E-state index is 12.6. The molecule has 1 aromatic rings. The van der Waals surface area contributed by atoms with Crippen LogP contribution in [0.4, 0.5) is 4.79 Å². The van der Waals surface area contributed by atoms with Gasteiger partial charge in [0, 0.05) is 13.1 Å². The van der Waals surface area contributed by atoms with Crippen LogP contribution in [0, 0.1) is 9.49 Å². The summed E-state index contributed by atoms with van der Waals surface area (Å²) in [6, 6.07) is 5.53. The molecule has 2 fully saturated rings. The van der Waals surface area contributed by atoms with E-state index in [0.29, 0.717) is 23.9 Å². The molecule has 6 nitrogen and oxygen atoms in total. The van der Waals surface area contributed by atoms with Crippen LogP contribution in [0.5, 0.6) is 5.75 Å². The number of carbonyl (C=O) groups excluding carboxylic acids is 3. The second kappa shape index (κ2) is 8.64. The first-order chi connectivity index (χ1) is 12.9. The lowest BCUT2D eigenvalue weighted by Crippen LogP contribution is -2.45. The Morgan fingerprint density at radius 2 is 2.04 bits per heavy atom. The first kappa shape index (κ1) is 20.2. The molecule has 3 rings (SSSR count). The summed E-state index contributed by atoms with van der Waals surface area (Å²) in [5.41, 5.74) is 0.807. The zero-order chi connectivity index (χ0) is 19.6. The highest BCUT2D eigenvalue weighted by molar-refractivity contribution is 14.1. The van der Waals surface area contributed by atoms with Gasteiger partial charge in [0.15, 0.2) is 0 Å². The Labute approximate surface area is 176 Å². The molecule has 1 aromatic carbocycles. The summed E-state index contributed by atoms with van der Waals surface area (Å²) >= 11 is 3.03. The molecule has 27 heavy (non-hydrogen) atoms. The number of nitrogens with zero attached hydrogens (tertiary/aromatic N) is 2. The summed E-state index contributed by atoms with van der Waals surface area (Å²) in [7, 11) is 1.60. The van der Waals surface area contributed by atoms with Crippen molar-refractivity contribution in [3.63, 3.8) is 0 Å². The molecular formula is C19H21IN2O4S. The second-order valence-corrected chi connectivity index (χ2v) is 8.88. The summed E-state index contributed by atoms with van der Waals surface area (Å²) in [5, 5.41) is -0.395. The Morgan fingerprint density at radius 3 is 2.67 bits per heavy atom. The van der Waals surface area contributed by atoms with Gasteiger partial charge in [0.05, 0.1) is 15.6 Å². The Hall–Kier alpha value is -1.55. The van der Waals surface area contributed by atoms with Crippen molar-refractivity contribution in [1.82, 2.24) is 9.80 Å². The van der Waals surface area contributed by atoms with Gasteiger partial charge in [-0.2, -0.15) is 0 Å². The molecular weight excluding hydrogens is 479 g/mol. The van der Waals surface area contributed by atoms with E-state index < -0.39 is 11.1 Å². The molecule has 0 bridgehead atoms. The number of amides is 3. The minimum atomic E-state index is -0.408. The highest BCUT2D eigenvalue weighted by atomic mass is 127. The molecule has 0 spiro atoms. The lowest BCUT2D eigenvalue weighted by atomic mass is 9.99. The normalized spacial score (nSPS) is 19.9. The second-order valence-electron chi connectivity index (χ2n) is 6.73. The lowest BCUT2D eigenvalue weighted by molar-refractivity contribution is -0.136. The largest absolute Gasteiger partial charge is 0.496 e. The summed E-state index contributed by atoms with van der Waals surface area (Å²) in [6.45, 7) is 3.37. The average Bonchev–Trinajstić information content (AvgIpc) is 2.90. The Morgan fingerprint density at radius 1 is 1.33 bits per heavy atom. The highest BCUT2D eigenvalue weighted by Gasteiger charge is 2.37. The van der Waals surface area contributed by atoms with Crippen LogP contribution in [-0.4, -0.2) is 53.6 Å². The van der Waals surface area contributed by atoms with Gasteiger partial charge >= 0.3 is 0 Å². The van der Waals surface area contributed by atoms with Crippen molar-refractivity contribution in [2.45, 2.75) is 19.8 Å². The topological polar surface area (TPSA) is 66.9 Å². The van der Waals surface area contributed by atoms with Crippen LogP contribution in [0.3, 0.4) is 0 Å². The Kier molecular flexibility index (Phi) is 6.46. The molecule has 2 heterocycles. The molecule has 0 aromatic heterocycles. The van der Waals surface area contributed by atoms with Crippen molar-refractivity contribution >= 4 is 57.5 Å². The van der Waals surface area contributed by atoms with E-state index in [-0.39, 0.29) is 12.5 Å². The number of likely N-dealkylation sites (tertiary alicyclic amines) is 1. The number of piperidine rings is 1. The number of methoxy groups -OCH3 is 1. The fraction of sp³-hybridized carbons (Fsp3) is 0.421. The summed E-state index contributed by atoms with van der Waals surface area (Å²) in [5.74, 6) is 0.794. The quantitative estimate of drug-likeness (QED) is 0.467. The molecule has 144 valence electrons. The third kappa shape index (κ3) is 4.66. The molecule has 0 unspecified atom stereocenters. The van der Waals surface area contributed by atoms with E-state index >= 15 is 0 Å². The van der Waals surface area contributed by atoms with Gasteiger partial charge < -0.3 is 9.64 Å². The standard InChI is InChI=1S/C19H21IN2O4S/c1-12-5-7-21(8-6-12)17(23)11-22-18(24)16(27-19(22)25)10-13-3-4-15(26-2)14(20)9-13/h3-4,9-10,12H,5-8,11H2,1-2H3/b16-10-. The number of thioether (sulfide) groups is 1. The van der Waals surface area contributed by atoms with Crippen molar-refractivity contribution in [2.75, 3.05) is 26.7 Å². The molecule has 2 aliphatic rings. The molecule has 0 atom stereocenters. The molecule has 2 saturated heterocycles. The molecule has 3 amide bonds. The maximum Gasteiger partial charge on any atom is 0.294 e. The first-order valence-electron chi connectivity index (χ1n) is 8.75. The summed E-state index contributed by atoms with van der Waals surface area (Å²) in [4.78, 5) is 40.5. The molecule has 0 saturated carbocycles. The van der Waals surface area contributed by atoms with Crippen LogP contribution in [0.15, 0.2) is 23.1 Å².